The SMILES string of the molecule is CNC(=O)[C@@H](CC(=O)OC(C)(C)C)Cn1cc(-c2ccccc2)cn1. The van der Waals surface area contributed by atoms with Crippen molar-refractivity contribution < 1.29 is 14.3 Å². The highest BCUT2D eigenvalue weighted by molar-refractivity contribution is 5.83. The molecule has 6 nitrogen and oxygen atoms in total. The molecule has 1 atom stereocenters. The maximum atomic E-state index is 12.1. The first kappa shape index (κ1) is 18.7. The molecule has 6 heteroatoms. The van der Waals surface area contributed by atoms with Crippen LogP contribution in [0.25, 0.3) is 11.1 Å². The van der Waals surface area contributed by atoms with Crippen molar-refractivity contribution in [3.63, 3.8) is 0 Å². The Labute approximate surface area is 148 Å². The van der Waals surface area contributed by atoms with Crippen LogP contribution in [-0.2, 0) is 20.9 Å². The van der Waals surface area contributed by atoms with Crippen LogP contribution in [0, 0.1) is 5.92 Å². The molecule has 25 heavy (non-hydrogen) atoms. The van der Waals surface area contributed by atoms with Crippen molar-refractivity contribution in [2.75, 3.05) is 7.05 Å². The van der Waals surface area contributed by atoms with Crippen LogP contribution in [0.3, 0.4) is 0 Å². The number of esters is 1. The average Bonchev–Trinajstić information content (AvgIpc) is 3.01. The molecule has 2 rings (SSSR count). The van der Waals surface area contributed by atoms with Gasteiger partial charge in [0.25, 0.3) is 0 Å². The van der Waals surface area contributed by atoms with Crippen molar-refractivity contribution in [1.29, 1.82) is 0 Å². The van der Waals surface area contributed by atoms with E-state index in [4.69, 9.17) is 4.74 Å². The molecule has 1 amide bonds. The molecule has 0 aliphatic carbocycles. The van der Waals surface area contributed by atoms with Crippen molar-refractivity contribution >= 4 is 11.9 Å². The lowest BCUT2D eigenvalue weighted by Crippen LogP contribution is -2.34. The normalized spacial score (nSPS) is 12.5. The lowest BCUT2D eigenvalue weighted by molar-refractivity contribution is -0.157. The lowest BCUT2D eigenvalue weighted by atomic mass is 10.0. The molecule has 0 radical (unpaired) electrons. The van der Waals surface area contributed by atoms with Crippen LogP contribution in [0.5, 0.6) is 0 Å². The smallest absolute Gasteiger partial charge is 0.307 e. The largest absolute Gasteiger partial charge is 0.460 e. The topological polar surface area (TPSA) is 73.2 Å². The van der Waals surface area contributed by atoms with Gasteiger partial charge < -0.3 is 10.1 Å². The fraction of sp³-hybridized carbons (Fsp3) is 0.421. The summed E-state index contributed by atoms with van der Waals surface area (Å²) in [5.41, 5.74) is 1.45. The quantitative estimate of drug-likeness (QED) is 0.819. The molecular weight excluding hydrogens is 318 g/mol. The van der Waals surface area contributed by atoms with Crippen molar-refractivity contribution in [2.45, 2.75) is 39.3 Å². The summed E-state index contributed by atoms with van der Waals surface area (Å²) in [6, 6.07) is 9.87. The van der Waals surface area contributed by atoms with Crippen molar-refractivity contribution in [3.05, 3.63) is 42.7 Å². The number of hydrogen-bond donors (Lipinski definition) is 1. The first-order valence-corrected chi connectivity index (χ1v) is 8.30. The van der Waals surface area contributed by atoms with E-state index in [2.05, 4.69) is 10.4 Å². The summed E-state index contributed by atoms with van der Waals surface area (Å²) in [6.07, 6.45) is 3.64. The highest BCUT2D eigenvalue weighted by atomic mass is 16.6. The Kier molecular flexibility index (Phi) is 5.96. The van der Waals surface area contributed by atoms with E-state index >= 15 is 0 Å². The van der Waals surface area contributed by atoms with Crippen LogP contribution >= 0.6 is 0 Å². The molecule has 2 aromatic rings. The highest BCUT2D eigenvalue weighted by Crippen LogP contribution is 2.19. The molecule has 1 aromatic heterocycles. The third-order valence-corrected chi connectivity index (χ3v) is 3.60. The van der Waals surface area contributed by atoms with E-state index in [1.54, 1.807) is 38.7 Å². The lowest BCUT2D eigenvalue weighted by Gasteiger charge is -2.21. The van der Waals surface area contributed by atoms with E-state index in [1.807, 2.05) is 36.5 Å². The van der Waals surface area contributed by atoms with Gasteiger partial charge in [-0.2, -0.15) is 5.10 Å². The van der Waals surface area contributed by atoms with Crippen LogP contribution in [0.2, 0.25) is 0 Å². The minimum atomic E-state index is -0.573. The zero-order valence-electron chi connectivity index (χ0n) is 15.2. The summed E-state index contributed by atoms with van der Waals surface area (Å²) in [5.74, 6) is -1.14. The van der Waals surface area contributed by atoms with Gasteiger partial charge in [0.05, 0.1) is 25.1 Å². The molecule has 0 unspecified atom stereocenters. The number of carbonyl (C=O) groups is 2. The van der Waals surface area contributed by atoms with E-state index in [0.29, 0.717) is 6.54 Å². The second-order valence-electron chi connectivity index (χ2n) is 6.92. The predicted octanol–water partition coefficient (Wildman–Crippen LogP) is 2.64. The predicted molar refractivity (Wildman–Crippen MR) is 95.7 cm³/mol. The van der Waals surface area contributed by atoms with Gasteiger partial charge in [-0.1, -0.05) is 30.3 Å². The number of aromatic nitrogens is 2. The van der Waals surface area contributed by atoms with E-state index < -0.39 is 17.5 Å². The Hall–Kier alpha value is -2.63. The maximum absolute atomic E-state index is 12.1. The monoisotopic (exact) mass is 343 g/mol. The third kappa shape index (κ3) is 5.74. The first-order valence-electron chi connectivity index (χ1n) is 8.30. The zero-order valence-corrected chi connectivity index (χ0v) is 15.2. The molecule has 134 valence electrons. The molecule has 0 saturated carbocycles. The molecule has 1 N–H and O–H groups in total. The summed E-state index contributed by atoms with van der Waals surface area (Å²) in [6.45, 7) is 5.73. The van der Waals surface area contributed by atoms with E-state index in [1.165, 1.54) is 0 Å². The van der Waals surface area contributed by atoms with Crippen molar-refractivity contribution in [2.24, 2.45) is 5.92 Å². The second-order valence-corrected chi connectivity index (χ2v) is 6.92. The number of carbonyl (C=O) groups excluding carboxylic acids is 2. The number of benzene rings is 1. The minimum Gasteiger partial charge on any atom is -0.460 e. The van der Waals surface area contributed by atoms with Gasteiger partial charge >= 0.3 is 5.97 Å². The number of ether oxygens (including phenoxy) is 1. The molecular formula is C19H25N3O3. The average molecular weight is 343 g/mol. The van der Waals surface area contributed by atoms with E-state index in [0.717, 1.165) is 11.1 Å². The molecule has 0 bridgehead atoms. The number of amides is 1. The fourth-order valence-corrected chi connectivity index (χ4v) is 2.50. The maximum Gasteiger partial charge on any atom is 0.307 e. The molecule has 0 spiro atoms. The van der Waals surface area contributed by atoms with Gasteiger partial charge in [0, 0.05) is 18.8 Å². The van der Waals surface area contributed by atoms with Gasteiger partial charge in [-0.05, 0) is 26.3 Å². The standard InChI is InChI=1S/C19H25N3O3/c1-19(2,3)25-17(23)10-15(18(24)20-4)12-22-13-16(11-21-22)14-8-6-5-7-9-14/h5-9,11,13,15H,10,12H2,1-4H3,(H,20,24)/t15-/m0/s1. The Morgan fingerprint density at radius 2 is 1.88 bits per heavy atom. The fourth-order valence-electron chi connectivity index (χ4n) is 2.50. The second kappa shape index (κ2) is 7.96. The third-order valence-electron chi connectivity index (χ3n) is 3.60. The van der Waals surface area contributed by atoms with Gasteiger partial charge in [-0.3, -0.25) is 14.3 Å². The molecule has 0 aliphatic heterocycles. The van der Waals surface area contributed by atoms with Crippen LogP contribution in [0.15, 0.2) is 42.7 Å². The summed E-state index contributed by atoms with van der Waals surface area (Å²) < 4.78 is 7.01. The van der Waals surface area contributed by atoms with Gasteiger partial charge in [-0.25, -0.2) is 0 Å². The zero-order chi connectivity index (χ0) is 18.4. The minimum absolute atomic E-state index is 0.0114. The van der Waals surface area contributed by atoms with Crippen LogP contribution in [-0.4, -0.2) is 34.3 Å². The Morgan fingerprint density at radius 1 is 1.20 bits per heavy atom. The van der Waals surface area contributed by atoms with E-state index in [9.17, 15) is 9.59 Å². The van der Waals surface area contributed by atoms with Crippen molar-refractivity contribution in [1.82, 2.24) is 15.1 Å². The van der Waals surface area contributed by atoms with Crippen LogP contribution in [0.1, 0.15) is 27.2 Å². The number of hydrogen-bond acceptors (Lipinski definition) is 4. The number of nitrogens with zero attached hydrogens (tertiary/aromatic N) is 2. The number of rotatable bonds is 6. The molecule has 0 saturated heterocycles. The first-order chi connectivity index (χ1) is 11.8. The Balaban J connectivity index is 2.08. The summed E-state index contributed by atoms with van der Waals surface area (Å²) >= 11 is 0. The molecule has 1 heterocycles. The van der Waals surface area contributed by atoms with Gasteiger partial charge in [-0.15, -0.1) is 0 Å². The summed E-state index contributed by atoms with van der Waals surface area (Å²) in [7, 11) is 1.56. The van der Waals surface area contributed by atoms with Crippen molar-refractivity contribution in [3.8, 4) is 11.1 Å². The van der Waals surface area contributed by atoms with Crippen LogP contribution in [0.4, 0.5) is 0 Å². The summed E-state index contributed by atoms with van der Waals surface area (Å²) in [5, 5.41) is 6.92. The molecule has 1 aromatic carbocycles. The molecule has 0 fully saturated rings. The van der Waals surface area contributed by atoms with Gasteiger partial charge in [0.1, 0.15) is 5.60 Å². The van der Waals surface area contributed by atoms with Crippen LogP contribution < -0.4 is 5.32 Å². The number of nitrogens with one attached hydrogen (secondary N) is 1. The Bertz CT molecular complexity index is 717. The van der Waals surface area contributed by atoms with Gasteiger partial charge in [0.15, 0.2) is 0 Å². The Morgan fingerprint density at radius 3 is 2.48 bits per heavy atom. The molecule has 0 aliphatic rings. The van der Waals surface area contributed by atoms with E-state index in [-0.39, 0.29) is 12.3 Å². The highest BCUT2D eigenvalue weighted by Gasteiger charge is 2.25. The summed E-state index contributed by atoms with van der Waals surface area (Å²) in [4.78, 5) is 24.2. The van der Waals surface area contributed by atoms with Gasteiger partial charge in [0.2, 0.25) is 5.91 Å².